The lowest BCUT2D eigenvalue weighted by atomic mass is 10.1. The van der Waals surface area contributed by atoms with E-state index < -0.39 is 11.9 Å². The van der Waals surface area contributed by atoms with Crippen molar-refractivity contribution >= 4 is 11.9 Å². The molecule has 17 heavy (non-hydrogen) atoms. The van der Waals surface area contributed by atoms with E-state index in [0.717, 1.165) is 0 Å². The molecule has 0 fully saturated rings. The van der Waals surface area contributed by atoms with Gasteiger partial charge in [-0.25, -0.2) is 4.79 Å². The molecule has 0 spiro atoms. The molecule has 0 amide bonds. The van der Waals surface area contributed by atoms with E-state index >= 15 is 0 Å². The van der Waals surface area contributed by atoms with E-state index in [9.17, 15) is 9.59 Å². The SMILES string of the molecule is O=C(O)CCCNCc1ccccc1C(=O)O. The standard InChI is InChI=1S/C12H15NO4/c14-11(15)6-3-7-13-8-9-4-1-2-5-10(9)12(16)17/h1-2,4-5,13H,3,6-8H2,(H,14,15)(H,16,17). The fraction of sp³-hybridized carbons (Fsp3) is 0.333. The Morgan fingerprint density at radius 2 is 1.88 bits per heavy atom. The molecule has 5 nitrogen and oxygen atoms in total. The molecular weight excluding hydrogens is 222 g/mol. The zero-order chi connectivity index (χ0) is 12.7. The topological polar surface area (TPSA) is 86.6 Å². The molecule has 0 heterocycles. The highest BCUT2D eigenvalue weighted by molar-refractivity contribution is 5.89. The van der Waals surface area contributed by atoms with Crippen LogP contribution in [0.1, 0.15) is 28.8 Å². The Kier molecular flexibility index (Phi) is 5.16. The number of benzene rings is 1. The van der Waals surface area contributed by atoms with Crippen LogP contribution in [0.2, 0.25) is 0 Å². The number of aliphatic carboxylic acids is 1. The molecule has 1 aromatic rings. The van der Waals surface area contributed by atoms with Crippen LogP contribution in [0.15, 0.2) is 24.3 Å². The van der Waals surface area contributed by atoms with Crippen molar-refractivity contribution in [1.29, 1.82) is 0 Å². The number of hydrogen-bond acceptors (Lipinski definition) is 3. The lowest BCUT2D eigenvalue weighted by Gasteiger charge is -2.07. The van der Waals surface area contributed by atoms with Gasteiger partial charge in [0.15, 0.2) is 0 Å². The molecule has 0 saturated carbocycles. The number of rotatable bonds is 7. The van der Waals surface area contributed by atoms with Crippen LogP contribution in [-0.2, 0) is 11.3 Å². The smallest absolute Gasteiger partial charge is 0.336 e. The molecule has 1 aromatic carbocycles. The molecule has 5 heteroatoms. The van der Waals surface area contributed by atoms with Gasteiger partial charge in [-0.15, -0.1) is 0 Å². The molecule has 0 atom stereocenters. The summed E-state index contributed by atoms with van der Waals surface area (Å²) in [5.74, 6) is -1.77. The average molecular weight is 237 g/mol. The van der Waals surface area contributed by atoms with Crippen LogP contribution in [0.25, 0.3) is 0 Å². The molecule has 0 radical (unpaired) electrons. The predicted molar refractivity (Wildman–Crippen MR) is 62.0 cm³/mol. The van der Waals surface area contributed by atoms with Crippen LogP contribution in [0, 0.1) is 0 Å². The molecule has 92 valence electrons. The number of carboxylic acid groups (broad SMARTS) is 2. The summed E-state index contributed by atoms with van der Waals surface area (Å²) in [5, 5.41) is 20.4. The molecule has 3 N–H and O–H groups in total. The van der Waals surface area contributed by atoms with Gasteiger partial charge in [0.2, 0.25) is 0 Å². The van der Waals surface area contributed by atoms with Gasteiger partial charge in [-0.1, -0.05) is 18.2 Å². The number of hydrogen-bond donors (Lipinski definition) is 3. The van der Waals surface area contributed by atoms with Crippen molar-refractivity contribution in [3.8, 4) is 0 Å². The van der Waals surface area contributed by atoms with Crippen LogP contribution < -0.4 is 5.32 Å². The summed E-state index contributed by atoms with van der Waals surface area (Å²) in [7, 11) is 0. The molecule has 0 aliphatic heterocycles. The van der Waals surface area contributed by atoms with Gasteiger partial charge < -0.3 is 15.5 Å². The first-order chi connectivity index (χ1) is 8.11. The summed E-state index contributed by atoms with van der Waals surface area (Å²) in [4.78, 5) is 21.2. The molecular formula is C12H15NO4. The van der Waals surface area contributed by atoms with Gasteiger partial charge in [-0.3, -0.25) is 4.79 Å². The molecule has 0 aliphatic carbocycles. The molecule has 1 rings (SSSR count). The van der Waals surface area contributed by atoms with E-state index in [-0.39, 0.29) is 12.0 Å². The minimum Gasteiger partial charge on any atom is -0.481 e. The summed E-state index contributed by atoms with van der Waals surface area (Å²) in [6.07, 6.45) is 0.651. The summed E-state index contributed by atoms with van der Waals surface area (Å²) < 4.78 is 0. The number of carbonyl (C=O) groups is 2. The quantitative estimate of drug-likeness (QED) is 0.623. The van der Waals surface area contributed by atoms with Crippen molar-refractivity contribution in [2.45, 2.75) is 19.4 Å². The lowest BCUT2D eigenvalue weighted by molar-refractivity contribution is -0.137. The van der Waals surface area contributed by atoms with Crippen LogP contribution in [0.3, 0.4) is 0 Å². The van der Waals surface area contributed by atoms with Gasteiger partial charge in [0.25, 0.3) is 0 Å². The van der Waals surface area contributed by atoms with Gasteiger partial charge in [0, 0.05) is 13.0 Å². The highest BCUT2D eigenvalue weighted by Crippen LogP contribution is 2.08. The van der Waals surface area contributed by atoms with Crippen molar-refractivity contribution < 1.29 is 19.8 Å². The van der Waals surface area contributed by atoms with Gasteiger partial charge in [-0.2, -0.15) is 0 Å². The molecule has 0 bridgehead atoms. The molecule has 0 saturated heterocycles. The molecule has 0 aliphatic rings. The monoisotopic (exact) mass is 237 g/mol. The van der Waals surface area contributed by atoms with E-state index in [1.807, 2.05) is 0 Å². The van der Waals surface area contributed by atoms with E-state index in [1.54, 1.807) is 24.3 Å². The normalized spacial score (nSPS) is 10.1. The molecule has 0 aromatic heterocycles. The van der Waals surface area contributed by atoms with Gasteiger partial charge >= 0.3 is 11.9 Å². The lowest BCUT2D eigenvalue weighted by Crippen LogP contribution is -2.17. The Labute approximate surface area is 99.1 Å². The third-order valence-electron chi connectivity index (χ3n) is 2.31. The van der Waals surface area contributed by atoms with Gasteiger partial charge in [0.1, 0.15) is 0 Å². The first kappa shape index (κ1) is 13.2. The van der Waals surface area contributed by atoms with Crippen molar-refractivity contribution in [2.24, 2.45) is 0 Å². The highest BCUT2D eigenvalue weighted by atomic mass is 16.4. The van der Waals surface area contributed by atoms with Crippen molar-refractivity contribution in [3.05, 3.63) is 35.4 Å². The van der Waals surface area contributed by atoms with E-state index in [1.165, 1.54) is 0 Å². The zero-order valence-corrected chi connectivity index (χ0v) is 9.35. The number of carboxylic acids is 2. The van der Waals surface area contributed by atoms with Crippen molar-refractivity contribution in [2.75, 3.05) is 6.54 Å². The summed E-state index contributed by atoms with van der Waals surface area (Å²) in [6.45, 7) is 0.988. The maximum Gasteiger partial charge on any atom is 0.336 e. The maximum absolute atomic E-state index is 10.9. The Morgan fingerprint density at radius 1 is 1.18 bits per heavy atom. The summed E-state index contributed by atoms with van der Waals surface area (Å²) >= 11 is 0. The minimum absolute atomic E-state index is 0.119. The van der Waals surface area contributed by atoms with Crippen LogP contribution in [0.4, 0.5) is 0 Å². The Hall–Kier alpha value is -1.88. The Balaban J connectivity index is 2.41. The second-order valence-electron chi connectivity index (χ2n) is 3.64. The largest absolute Gasteiger partial charge is 0.481 e. The van der Waals surface area contributed by atoms with E-state index in [4.69, 9.17) is 10.2 Å². The third-order valence-corrected chi connectivity index (χ3v) is 2.31. The molecule has 0 unspecified atom stereocenters. The van der Waals surface area contributed by atoms with Crippen LogP contribution >= 0.6 is 0 Å². The van der Waals surface area contributed by atoms with Gasteiger partial charge in [-0.05, 0) is 24.6 Å². The zero-order valence-electron chi connectivity index (χ0n) is 9.35. The minimum atomic E-state index is -0.951. The van der Waals surface area contributed by atoms with E-state index in [2.05, 4.69) is 5.32 Å². The first-order valence-electron chi connectivity index (χ1n) is 5.35. The first-order valence-corrected chi connectivity index (χ1v) is 5.35. The van der Waals surface area contributed by atoms with E-state index in [0.29, 0.717) is 25.1 Å². The second kappa shape index (κ2) is 6.65. The maximum atomic E-state index is 10.9. The number of aromatic carboxylic acids is 1. The summed E-state index contributed by atoms with van der Waals surface area (Å²) in [5.41, 5.74) is 0.980. The van der Waals surface area contributed by atoms with Crippen molar-refractivity contribution in [1.82, 2.24) is 5.32 Å². The summed E-state index contributed by atoms with van der Waals surface area (Å²) in [6, 6.07) is 6.75. The predicted octanol–water partition coefficient (Wildman–Crippen LogP) is 1.34. The van der Waals surface area contributed by atoms with Crippen molar-refractivity contribution in [3.63, 3.8) is 0 Å². The third kappa shape index (κ3) is 4.65. The van der Waals surface area contributed by atoms with Crippen LogP contribution in [0.5, 0.6) is 0 Å². The highest BCUT2D eigenvalue weighted by Gasteiger charge is 2.07. The van der Waals surface area contributed by atoms with Gasteiger partial charge in [0.05, 0.1) is 5.56 Å². The number of nitrogens with one attached hydrogen (secondary N) is 1. The fourth-order valence-electron chi connectivity index (χ4n) is 1.47. The average Bonchev–Trinajstić information content (AvgIpc) is 2.28. The second-order valence-corrected chi connectivity index (χ2v) is 3.64. The fourth-order valence-corrected chi connectivity index (χ4v) is 1.47. The van der Waals surface area contributed by atoms with Crippen LogP contribution in [-0.4, -0.2) is 28.7 Å². The Morgan fingerprint density at radius 3 is 2.53 bits per heavy atom. The Bertz CT molecular complexity index is 403.